The smallest absolute Gasteiger partial charge is 0.335 e. The Hall–Kier alpha value is -2.02. The van der Waals surface area contributed by atoms with Crippen molar-refractivity contribution in [2.45, 2.75) is 18.1 Å². The van der Waals surface area contributed by atoms with E-state index in [9.17, 15) is 9.59 Å². The normalized spacial score (nSPS) is 27.8. The summed E-state index contributed by atoms with van der Waals surface area (Å²) in [7, 11) is 1.89. The number of aliphatic carboxylic acids is 1. The average Bonchev–Trinajstić information content (AvgIpc) is 2.49. The zero-order valence-corrected chi connectivity index (χ0v) is 11.7. The molecule has 112 valence electrons. The standard InChI is InChI=1S/C15H19N3O3/c1-16-11-4-2-3-5-12(11)17-9-18-13-7-6-10(15(20)21)8-14(13)19/h2-8,11-13,16-18H,9H2,1H3,(H,20,21). The predicted octanol–water partition coefficient (Wildman–Crippen LogP) is -0.276. The fourth-order valence-corrected chi connectivity index (χ4v) is 2.25. The number of likely N-dealkylation sites (N-methyl/N-ethyl adjacent to an activating group) is 1. The van der Waals surface area contributed by atoms with Gasteiger partial charge in [0, 0.05) is 18.8 Å². The molecule has 0 aliphatic heterocycles. The van der Waals surface area contributed by atoms with Crippen LogP contribution in [0.3, 0.4) is 0 Å². The largest absolute Gasteiger partial charge is 0.478 e. The van der Waals surface area contributed by atoms with Gasteiger partial charge in [0.05, 0.1) is 11.6 Å². The van der Waals surface area contributed by atoms with Crippen molar-refractivity contribution >= 4 is 11.8 Å². The Bertz CT molecular complexity index is 534. The van der Waals surface area contributed by atoms with Gasteiger partial charge in [-0.15, -0.1) is 0 Å². The Labute approximate surface area is 123 Å². The van der Waals surface area contributed by atoms with Crippen molar-refractivity contribution < 1.29 is 14.7 Å². The maximum absolute atomic E-state index is 11.8. The number of allylic oxidation sites excluding steroid dienone is 2. The average molecular weight is 289 g/mol. The molecule has 0 aromatic rings. The maximum atomic E-state index is 11.8. The van der Waals surface area contributed by atoms with Gasteiger partial charge in [0.1, 0.15) is 0 Å². The van der Waals surface area contributed by atoms with Crippen LogP contribution in [-0.2, 0) is 9.59 Å². The van der Waals surface area contributed by atoms with Crippen LogP contribution in [0, 0.1) is 0 Å². The number of hydrogen-bond donors (Lipinski definition) is 4. The number of carbonyl (C=O) groups is 2. The summed E-state index contributed by atoms with van der Waals surface area (Å²) in [5.74, 6) is -1.34. The quantitative estimate of drug-likeness (QED) is 0.503. The van der Waals surface area contributed by atoms with Crippen LogP contribution in [0.4, 0.5) is 0 Å². The van der Waals surface area contributed by atoms with Gasteiger partial charge >= 0.3 is 5.97 Å². The molecule has 0 saturated carbocycles. The minimum Gasteiger partial charge on any atom is -0.478 e. The summed E-state index contributed by atoms with van der Waals surface area (Å²) in [6.07, 6.45) is 12.2. The summed E-state index contributed by atoms with van der Waals surface area (Å²) < 4.78 is 0. The molecule has 0 bridgehead atoms. The van der Waals surface area contributed by atoms with Crippen molar-refractivity contribution in [2.75, 3.05) is 13.7 Å². The molecule has 0 aromatic heterocycles. The van der Waals surface area contributed by atoms with Gasteiger partial charge in [-0.1, -0.05) is 30.4 Å². The van der Waals surface area contributed by atoms with Crippen molar-refractivity contribution in [3.05, 3.63) is 48.1 Å². The van der Waals surface area contributed by atoms with Crippen LogP contribution in [0.1, 0.15) is 0 Å². The molecule has 0 spiro atoms. The fraction of sp³-hybridized carbons (Fsp3) is 0.333. The summed E-state index contributed by atoms with van der Waals surface area (Å²) in [5, 5.41) is 18.3. The zero-order valence-electron chi connectivity index (χ0n) is 11.7. The van der Waals surface area contributed by atoms with E-state index in [0.717, 1.165) is 6.08 Å². The van der Waals surface area contributed by atoms with E-state index in [-0.39, 0.29) is 23.4 Å². The highest BCUT2D eigenvalue weighted by Crippen LogP contribution is 2.08. The molecule has 0 saturated heterocycles. The van der Waals surface area contributed by atoms with Gasteiger partial charge in [0.2, 0.25) is 0 Å². The third-order valence-corrected chi connectivity index (χ3v) is 3.45. The minimum atomic E-state index is -1.09. The monoisotopic (exact) mass is 289 g/mol. The minimum absolute atomic E-state index is 0.0154. The number of ketones is 1. The number of nitrogens with one attached hydrogen (secondary N) is 3. The Balaban J connectivity index is 1.81. The van der Waals surface area contributed by atoms with Crippen molar-refractivity contribution in [1.29, 1.82) is 0 Å². The highest BCUT2D eigenvalue weighted by atomic mass is 16.4. The molecule has 3 atom stereocenters. The van der Waals surface area contributed by atoms with Crippen molar-refractivity contribution in [2.24, 2.45) is 0 Å². The number of carbonyl (C=O) groups excluding carboxylic acids is 1. The lowest BCUT2D eigenvalue weighted by Gasteiger charge is -2.26. The predicted molar refractivity (Wildman–Crippen MR) is 79.7 cm³/mol. The molecule has 2 aliphatic rings. The number of carboxylic acid groups (broad SMARTS) is 1. The Kier molecular flexibility index (Phi) is 5.21. The second kappa shape index (κ2) is 7.12. The first-order chi connectivity index (χ1) is 10.1. The molecule has 6 nitrogen and oxygen atoms in total. The van der Waals surface area contributed by atoms with Crippen LogP contribution >= 0.6 is 0 Å². The molecule has 2 aliphatic carbocycles. The first-order valence-corrected chi connectivity index (χ1v) is 6.78. The van der Waals surface area contributed by atoms with Gasteiger partial charge in [-0.3, -0.25) is 15.4 Å². The van der Waals surface area contributed by atoms with E-state index < -0.39 is 12.0 Å². The molecule has 0 heterocycles. The molecule has 0 aromatic carbocycles. The lowest BCUT2D eigenvalue weighted by molar-refractivity contribution is -0.132. The molecule has 0 fully saturated rings. The van der Waals surface area contributed by atoms with Gasteiger partial charge in [-0.25, -0.2) is 4.79 Å². The lowest BCUT2D eigenvalue weighted by atomic mass is 10.0. The third kappa shape index (κ3) is 3.98. The number of hydrogen-bond acceptors (Lipinski definition) is 5. The molecule has 4 N–H and O–H groups in total. The van der Waals surface area contributed by atoms with Crippen LogP contribution in [-0.4, -0.2) is 48.7 Å². The van der Waals surface area contributed by atoms with Crippen LogP contribution in [0.5, 0.6) is 0 Å². The fourth-order valence-electron chi connectivity index (χ4n) is 2.25. The Morgan fingerprint density at radius 3 is 2.52 bits per heavy atom. The molecule has 21 heavy (non-hydrogen) atoms. The number of carboxylic acids is 1. The molecule has 3 unspecified atom stereocenters. The van der Waals surface area contributed by atoms with Gasteiger partial charge in [-0.2, -0.15) is 0 Å². The van der Waals surface area contributed by atoms with Gasteiger partial charge < -0.3 is 10.4 Å². The molecule has 6 heteroatoms. The lowest BCUT2D eigenvalue weighted by Crippen LogP contribution is -2.50. The highest BCUT2D eigenvalue weighted by Gasteiger charge is 2.21. The highest BCUT2D eigenvalue weighted by molar-refractivity contribution is 6.05. The van der Waals surface area contributed by atoms with Crippen LogP contribution < -0.4 is 16.0 Å². The van der Waals surface area contributed by atoms with E-state index in [4.69, 9.17) is 5.11 Å². The summed E-state index contributed by atoms with van der Waals surface area (Å²) in [6.45, 7) is 0.442. The first-order valence-electron chi connectivity index (χ1n) is 6.78. The van der Waals surface area contributed by atoms with E-state index in [0.29, 0.717) is 6.67 Å². The first kappa shape index (κ1) is 15.4. The molecular weight excluding hydrogens is 270 g/mol. The molecule has 2 rings (SSSR count). The Morgan fingerprint density at radius 2 is 1.90 bits per heavy atom. The van der Waals surface area contributed by atoms with E-state index in [1.54, 1.807) is 6.08 Å². The van der Waals surface area contributed by atoms with Crippen LogP contribution in [0.15, 0.2) is 48.1 Å². The van der Waals surface area contributed by atoms with E-state index in [1.165, 1.54) is 6.08 Å². The van der Waals surface area contributed by atoms with Crippen molar-refractivity contribution in [1.82, 2.24) is 16.0 Å². The maximum Gasteiger partial charge on any atom is 0.335 e. The molecular formula is C15H19N3O3. The van der Waals surface area contributed by atoms with E-state index in [1.807, 2.05) is 25.3 Å². The summed E-state index contributed by atoms with van der Waals surface area (Å²) >= 11 is 0. The summed E-state index contributed by atoms with van der Waals surface area (Å²) in [4.78, 5) is 22.6. The van der Waals surface area contributed by atoms with Crippen LogP contribution in [0.2, 0.25) is 0 Å². The topological polar surface area (TPSA) is 90.5 Å². The third-order valence-electron chi connectivity index (χ3n) is 3.45. The van der Waals surface area contributed by atoms with Gasteiger partial charge in [0.25, 0.3) is 0 Å². The van der Waals surface area contributed by atoms with Crippen molar-refractivity contribution in [3.8, 4) is 0 Å². The SMILES string of the molecule is CNC1C=CC=CC1NCNC1C=CC(C(=O)O)=CC1=O. The Morgan fingerprint density at radius 1 is 1.19 bits per heavy atom. The molecule has 0 amide bonds. The second-order valence-electron chi connectivity index (χ2n) is 4.84. The van der Waals surface area contributed by atoms with Crippen LogP contribution in [0.25, 0.3) is 0 Å². The van der Waals surface area contributed by atoms with Crippen molar-refractivity contribution in [3.63, 3.8) is 0 Å². The van der Waals surface area contributed by atoms with E-state index in [2.05, 4.69) is 22.0 Å². The second-order valence-corrected chi connectivity index (χ2v) is 4.84. The van der Waals surface area contributed by atoms with E-state index >= 15 is 0 Å². The molecule has 0 radical (unpaired) electrons. The zero-order chi connectivity index (χ0) is 15.2. The van der Waals surface area contributed by atoms with Gasteiger partial charge in [-0.05, 0) is 19.2 Å². The number of rotatable bonds is 6. The summed E-state index contributed by atoms with van der Waals surface area (Å²) in [5.41, 5.74) is 0.0154. The van der Waals surface area contributed by atoms with Gasteiger partial charge in [0.15, 0.2) is 5.78 Å². The summed E-state index contributed by atoms with van der Waals surface area (Å²) in [6, 6.07) is -0.148.